The minimum atomic E-state index is -0.0575. The molecule has 1 aromatic heterocycles. The van der Waals surface area contributed by atoms with Gasteiger partial charge < -0.3 is 15.0 Å². The van der Waals surface area contributed by atoms with Crippen molar-refractivity contribution >= 4 is 28.3 Å². The molecule has 0 saturated carbocycles. The molecule has 32 heavy (non-hydrogen) atoms. The van der Waals surface area contributed by atoms with Gasteiger partial charge in [0.25, 0.3) is 0 Å². The summed E-state index contributed by atoms with van der Waals surface area (Å²) in [7, 11) is 1.64. The lowest BCUT2D eigenvalue weighted by atomic mass is 9.95. The number of carbonyl (C=O) groups excluding carboxylic acids is 2. The Bertz CT molecular complexity index is 898. The van der Waals surface area contributed by atoms with Crippen LogP contribution in [0.5, 0.6) is 5.75 Å². The molecule has 2 fully saturated rings. The highest BCUT2D eigenvalue weighted by Crippen LogP contribution is 2.27. The van der Waals surface area contributed by atoms with Crippen molar-refractivity contribution in [2.45, 2.75) is 38.5 Å². The third kappa shape index (κ3) is 5.86. The second-order valence-corrected chi connectivity index (χ2v) is 9.46. The van der Waals surface area contributed by atoms with Gasteiger partial charge in [-0.2, -0.15) is 0 Å². The first kappa shape index (κ1) is 22.7. The SMILES string of the molecule is COc1ccc(-c2csc(NC(=O)CN3CCC(C(=O)N4CCCCCC4)CC3)n2)cc1. The molecule has 1 aromatic carbocycles. The first-order chi connectivity index (χ1) is 15.6. The summed E-state index contributed by atoms with van der Waals surface area (Å²) in [6.45, 7) is 3.73. The highest BCUT2D eigenvalue weighted by molar-refractivity contribution is 7.14. The van der Waals surface area contributed by atoms with Crippen molar-refractivity contribution in [1.29, 1.82) is 0 Å². The fraction of sp³-hybridized carbons (Fsp3) is 0.542. The molecule has 3 heterocycles. The number of carbonyl (C=O) groups is 2. The second-order valence-electron chi connectivity index (χ2n) is 8.60. The molecule has 0 unspecified atom stereocenters. The van der Waals surface area contributed by atoms with Crippen LogP contribution in [0.15, 0.2) is 29.6 Å². The Morgan fingerprint density at radius 2 is 1.75 bits per heavy atom. The number of rotatable bonds is 6. The van der Waals surface area contributed by atoms with Gasteiger partial charge in [0.15, 0.2) is 5.13 Å². The Kier molecular flexibility index (Phi) is 7.76. The zero-order valence-corrected chi connectivity index (χ0v) is 19.5. The van der Waals surface area contributed by atoms with Crippen LogP contribution in [0.3, 0.4) is 0 Å². The molecule has 2 saturated heterocycles. The number of hydrogen-bond donors (Lipinski definition) is 1. The van der Waals surface area contributed by atoms with E-state index >= 15 is 0 Å². The van der Waals surface area contributed by atoms with Crippen molar-refractivity contribution in [3.8, 4) is 17.0 Å². The van der Waals surface area contributed by atoms with Gasteiger partial charge in [0.05, 0.1) is 19.3 Å². The number of benzene rings is 1. The molecule has 0 spiro atoms. The molecule has 8 heteroatoms. The van der Waals surface area contributed by atoms with E-state index in [0.29, 0.717) is 17.6 Å². The van der Waals surface area contributed by atoms with Crippen LogP contribution in [0.25, 0.3) is 11.3 Å². The smallest absolute Gasteiger partial charge is 0.240 e. The van der Waals surface area contributed by atoms with Gasteiger partial charge in [-0.25, -0.2) is 4.98 Å². The van der Waals surface area contributed by atoms with Crippen molar-refractivity contribution in [3.05, 3.63) is 29.6 Å². The average molecular weight is 457 g/mol. The van der Waals surface area contributed by atoms with E-state index in [2.05, 4.69) is 20.1 Å². The Hall–Kier alpha value is -2.45. The minimum absolute atomic E-state index is 0.0575. The van der Waals surface area contributed by atoms with E-state index in [9.17, 15) is 9.59 Å². The average Bonchev–Trinajstić information content (AvgIpc) is 3.11. The molecule has 0 radical (unpaired) electrons. The van der Waals surface area contributed by atoms with E-state index in [1.807, 2.05) is 29.6 Å². The number of likely N-dealkylation sites (tertiary alicyclic amines) is 2. The maximum atomic E-state index is 12.8. The van der Waals surface area contributed by atoms with Crippen molar-refractivity contribution in [2.24, 2.45) is 5.92 Å². The molecule has 2 aliphatic heterocycles. The number of aromatic nitrogens is 1. The number of anilines is 1. The van der Waals surface area contributed by atoms with Gasteiger partial charge in [-0.05, 0) is 63.0 Å². The number of piperidine rings is 1. The van der Waals surface area contributed by atoms with Crippen molar-refractivity contribution in [3.63, 3.8) is 0 Å². The number of ether oxygens (including phenoxy) is 1. The van der Waals surface area contributed by atoms with Crippen molar-refractivity contribution < 1.29 is 14.3 Å². The molecular formula is C24H32N4O3S. The number of thiazole rings is 1. The Morgan fingerprint density at radius 1 is 1.06 bits per heavy atom. The Morgan fingerprint density at radius 3 is 2.41 bits per heavy atom. The molecule has 0 bridgehead atoms. The highest BCUT2D eigenvalue weighted by atomic mass is 32.1. The van der Waals surface area contributed by atoms with Gasteiger partial charge >= 0.3 is 0 Å². The van der Waals surface area contributed by atoms with E-state index in [1.165, 1.54) is 24.2 Å². The lowest BCUT2D eigenvalue weighted by Gasteiger charge is -2.33. The van der Waals surface area contributed by atoms with Gasteiger partial charge in [0.2, 0.25) is 11.8 Å². The topological polar surface area (TPSA) is 74.8 Å². The summed E-state index contributed by atoms with van der Waals surface area (Å²) >= 11 is 1.42. The molecule has 4 rings (SSSR count). The molecule has 172 valence electrons. The summed E-state index contributed by atoms with van der Waals surface area (Å²) in [6, 6.07) is 7.70. The fourth-order valence-electron chi connectivity index (χ4n) is 4.47. The second kappa shape index (κ2) is 10.9. The highest BCUT2D eigenvalue weighted by Gasteiger charge is 2.29. The lowest BCUT2D eigenvalue weighted by molar-refractivity contribution is -0.137. The monoisotopic (exact) mass is 456 g/mol. The molecule has 0 aliphatic carbocycles. The molecule has 2 aliphatic rings. The van der Waals surface area contributed by atoms with Crippen LogP contribution in [-0.4, -0.2) is 66.4 Å². The summed E-state index contributed by atoms with van der Waals surface area (Å²) in [5.41, 5.74) is 1.82. The molecule has 2 aromatic rings. The molecule has 0 atom stereocenters. The van der Waals surface area contributed by atoms with Crippen LogP contribution in [0, 0.1) is 5.92 Å². The largest absolute Gasteiger partial charge is 0.497 e. The van der Waals surface area contributed by atoms with Crippen LogP contribution in [0.2, 0.25) is 0 Å². The van der Waals surface area contributed by atoms with E-state index in [-0.39, 0.29) is 11.8 Å². The zero-order valence-electron chi connectivity index (χ0n) is 18.7. The summed E-state index contributed by atoms with van der Waals surface area (Å²) in [5.74, 6) is 1.18. The first-order valence-corrected chi connectivity index (χ1v) is 12.4. The normalized spacial score (nSPS) is 18.2. The Labute approximate surface area is 193 Å². The predicted octanol–water partition coefficient (Wildman–Crippen LogP) is 3.87. The lowest BCUT2D eigenvalue weighted by Crippen LogP contribution is -2.44. The maximum absolute atomic E-state index is 12.8. The van der Waals surface area contributed by atoms with Crippen LogP contribution >= 0.6 is 11.3 Å². The van der Waals surface area contributed by atoms with E-state index < -0.39 is 0 Å². The van der Waals surface area contributed by atoms with Crippen molar-refractivity contribution in [2.75, 3.05) is 45.2 Å². The number of amides is 2. The number of methoxy groups -OCH3 is 1. The molecular weight excluding hydrogens is 424 g/mol. The molecule has 1 N–H and O–H groups in total. The van der Waals surface area contributed by atoms with Gasteiger partial charge in [-0.15, -0.1) is 11.3 Å². The predicted molar refractivity (Wildman–Crippen MR) is 127 cm³/mol. The molecule has 2 amide bonds. The fourth-order valence-corrected chi connectivity index (χ4v) is 5.21. The van der Waals surface area contributed by atoms with Gasteiger partial charge in [-0.3, -0.25) is 14.5 Å². The Balaban J connectivity index is 1.23. The quantitative estimate of drug-likeness (QED) is 0.714. The number of nitrogens with zero attached hydrogens (tertiary/aromatic N) is 3. The summed E-state index contributed by atoms with van der Waals surface area (Å²) in [4.78, 5) is 34.1. The maximum Gasteiger partial charge on any atom is 0.240 e. The van der Waals surface area contributed by atoms with Gasteiger partial charge in [0.1, 0.15) is 5.75 Å². The standard InChI is InChI=1S/C24H32N4O3S/c1-31-20-8-6-18(7-9-20)21-17-32-24(25-21)26-22(29)16-27-14-10-19(11-15-27)23(30)28-12-4-2-3-5-13-28/h6-9,17,19H,2-5,10-16H2,1H3,(H,25,26,29). The summed E-state index contributed by atoms with van der Waals surface area (Å²) in [5, 5.41) is 5.47. The summed E-state index contributed by atoms with van der Waals surface area (Å²) in [6.07, 6.45) is 6.39. The van der Waals surface area contributed by atoms with Gasteiger partial charge in [0, 0.05) is 30.0 Å². The van der Waals surface area contributed by atoms with Crippen LogP contribution in [-0.2, 0) is 9.59 Å². The summed E-state index contributed by atoms with van der Waals surface area (Å²) < 4.78 is 5.19. The first-order valence-electron chi connectivity index (χ1n) is 11.5. The minimum Gasteiger partial charge on any atom is -0.497 e. The van der Waals surface area contributed by atoms with Crippen LogP contribution in [0.1, 0.15) is 38.5 Å². The van der Waals surface area contributed by atoms with E-state index in [1.54, 1.807) is 7.11 Å². The molecule has 7 nitrogen and oxygen atoms in total. The van der Waals surface area contributed by atoms with E-state index in [0.717, 1.165) is 68.9 Å². The third-order valence-corrected chi connectivity index (χ3v) is 7.12. The zero-order chi connectivity index (χ0) is 22.3. The van der Waals surface area contributed by atoms with E-state index in [4.69, 9.17) is 4.74 Å². The number of hydrogen-bond acceptors (Lipinski definition) is 6. The third-order valence-electron chi connectivity index (χ3n) is 6.36. The number of nitrogens with one attached hydrogen (secondary N) is 1. The van der Waals surface area contributed by atoms with Crippen LogP contribution < -0.4 is 10.1 Å². The van der Waals surface area contributed by atoms with Gasteiger partial charge in [-0.1, -0.05) is 12.8 Å². The van der Waals surface area contributed by atoms with Crippen molar-refractivity contribution in [1.82, 2.24) is 14.8 Å². The van der Waals surface area contributed by atoms with Crippen LogP contribution in [0.4, 0.5) is 5.13 Å².